The van der Waals surface area contributed by atoms with Crippen LogP contribution in [0.4, 0.5) is 0 Å². The van der Waals surface area contributed by atoms with Crippen LogP contribution >= 0.6 is 0 Å². The Kier molecular flexibility index (Phi) is 19.5. The van der Waals surface area contributed by atoms with Crippen molar-refractivity contribution < 1.29 is 47.1 Å². The smallest absolute Gasteiger partial charge is 0.327 e. The molecule has 0 heterocycles. The topological polar surface area (TPSA) is 74.6 Å². The van der Waals surface area contributed by atoms with Gasteiger partial charge in [-0.15, -0.1) is 0 Å². The number of hydrogen-bond donors (Lipinski definition) is 2. The molecule has 0 bridgehead atoms. The van der Waals surface area contributed by atoms with E-state index in [2.05, 4.69) is 0 Å². The molecule has 0 aliphatic rings. The molecule has 0 saturated heterocycles. The molecule has 0 saturated carbocycles. The second-order valence-electron chi connectivity index (χ2n) is 1.68. The fraction of sp³-hybridized carbons (Fsp3) is 0.250. The zero-order valence-corrected chi connectivity index (χ0v) is 11.8. The quantitative estimate of drug-likeness (QED) is 0.592. The monoisotopic (exact) mass is 286 g/mol. The van der Waals surface area contributed by atoms with Crippen LogP contribution in [-0.4, -0.2) is 22.2 Å². The van der Waals surface area contributed by atoms with Gasteiger partial charge in [-0.25, -0.2) is 9.59 Å². The standard InChI is InChI=1S/2C4H6O2.Cd/c2*1-2-3-4(5)6;/h2*2-3H,1H3,(H,5,6);/b2*3-2+;. The van der Waals surface area contributed by atoms with Gasteiger partial charge in [0.25, 0.3) is 0 Å². The van der Waals surface area contributed by atoms with Gasteiger partial charge >= 0.3 is 11.9 Å². The predicted octanol–water partition coefficient (Wildman–Crippen LogP) is 1.29. The van der Waals surface area contributed by atoms with Crippen LogP contribution in [-0.2, 0) is 36.9 Å². The van der Waals surface area contributed by atoms with Crippen LogP contribution in [0.1, 0.15) is 13.8 Å². The predicted molar refractivity (Wildman–Crippen MR) is 44.9 cm³/mol. The minimum Gasteiger partial charge on any atom is -0.478 e. The van der Waals surface area contributed by atoms with Gasteiger partial charge in [-0.1, -0.05) is 12.2 Å². The average molecular weight is 285 g/mol. The molecule has 5 heteroatoms. The van der Waals surface area contributed by atoms with Crippen LogP contribution in [0.15, 0.2) is 24.3 Å². The van der Waals surface area contributed by atoms with Gasteiger partial charge in [-0.05, 0) is 13.8 Å². The molecule has 0 spiro atoms. The summed E-state index contributed by atoms with van der Waals surface area (Å²) in [7, 11) is 0. The molecule has 13 heavy (non-hydrogen) atoms. The Labute approximate surface area is 97.1 Å². The Balaban J connectivity index is -0.000000143. The molecule has 0 aliphatic carbocycles. The number of carboxylic acids is 2. The summed E-state index contributed by atoms with van der Waals surface area (Å²) < 4.78 is 0. The van der Waals surface area contributed by atoms with Crippen LogP contribution in [0, 0.1) is 0 Å². The van der Waals surface area contributed by atoms with E-state index in [0.29, 0.717) is 0 Å². The fourth-order valence-corrected chi connectivity index (χ4v) is 0.285. The largest absolute Gasteiger partial charge is 0.478 e. The van der Waals surface area contributed by atoms with Gasteiger partial charge in [0, 0.05) is 39.5 Å². The molecule has 0 rings (SSSR count). The van der Waals surface area contributed by atoms with E-state index < -0.39 is 11.9 Å². The fourth-order valence-electron chi connectivity index (χ4n) is 0.285. The Morgan fingerprint density at radius 3 is 1.15 bits per heavy atom. The van der Waals surface area contributed by atoms with Crippen LogP contribution in [0.3, 0.4) is 0 Å². The summed E-state index contributed by atoms with van der Waals surface area (Å²) in [5.41, 5.74) is 0. The van der Waals surface area contributed by atoms with Gasteiger partial charge in [0.2, 0.25) is 0 Å². The molecule has 2 N–H and O–H groups in total. The molecule has 0 radical (unpaired) electrons. The van der Waals surface area contributed by atoms with Crippen molar-refractivity contribution in [2.45, 2.75) is 13.8 Å². The second kappa shape index (κ2) is 13.9. The molecular weight excluding hydrogens is 272 g/mol. The van der Waals surface area contributed by atoms with Crippen molar-refractivity contribution in [1.29, 1.82) is 0 Å². The molecule has 0 atom stereocenters. The number of rotatable bonds is 2. The first kappa shape index (κ1) is 18.2. The van der Waals surface area contributed by atoms with E-state index in [1.54, 1.807) is 13.8 Å². The van der Waals surface area contributed by atoms with Crippen LogP contribution in [0.5, 0.6) is 0 Å². The van der Waals surface area contributed by atoms with Gasteiger partial charge in [-0.3, -0.25) is 0 Å². The van der Waals surface area contributed by atoms with E-state index in [9.17, 15) is 9.59 Å². The average Bonchev–Trinajstić information content (AvgIpc) is 1.87. The van der Waals surface area contributed by atoms with Gasteiger partial charge in [-0.2, -0.15) is 0 Å². The summed E-state index contributed by atoms with van der Waals surface area (Å²) in [4.78, 5) is 19.0. The summed E-state index contributed by atoms with van der Waals surface area (Å²) >= 11 is 0. The van der Waals surface area contributed by atoms with E-state index in [1.807, 2.05) is 0 Å². The second-order valence-corrected chi connectivity index (χ2v) is 1.68. The molecular formula is C8H12CdO4. The Morgan fingerprint density at radius 1 is 0.923 bits per heavy atom. The first-order chi connectivity index (χ1) is 5.54. The van der Waals surface area contributed by atoms with E-state index in [-0.39, 0.29) is 27.3 Å². The first-order valence-corrected chi connectivity index (χ1v) is 3.25. The number of allylic oxidation sites excluding steroid dienone is 2. The third-order valence-electron chi connectivity index (χ3n) is 0.618. The van der Waals surface area contributed by atoms with Crippen LogP contribution in [0.2, 0.25) is 0 Å². The Hall–Kier alpha value is -0.658. The molecule has 0 aliphatic heterocycles. The van der Waals surface area contributed by atoms with Gasteiger partial charge in [0.15, 0.2) is 0 Å². The van der Waals surface area contributed by atoms with E-state index in [0.717, 1.165) is 12.2 Å². The normalized spacial score (nSPS) is 8.77. The molecule has 4 nitrogen and oxygen atoms in total. The zero-order valence-electron chi connectivity index (χ0n) is 7.73. The van der Waals surface area contributed by atoms with Crippen LogP contribution < -0.4 is 0 Å². The van der Waals surface area contributed by atoms with Crippen molar-refractivity contribution in [3.8, 4) is 0 Å². The van der Waals surface area contributed by atoms with Crippen molar-refractivity contribution in [2.75, 3.05) is 0 Å². The molecule has 0 aromatic rings. The van der Waals surface area contributed by atoms with E-state index in [1.165, 1.54) is 12.2 Å². The molecule has 0 amide bonds. The van der Waals surface area contributed by atoms with E-state index in [4.69, 9.17) is 10.2 Å². The molecule has 0 fully saturated rings. The summed E-state index contributed by atoms with van der Waals surface area (Å²) in [6.45, 7) is 3.32. The number of aliphatic carboxylic acids is 2. The van der Waals surface area contributed by atoms with Crippen LogP contribution in [0.25, 0.3) is 0 Å². The molecule has 0 unspecified atom stereocenters. The molecule has 70 valence electrons. The van der Waals surface area contributed by atoms with Crippen molar-refractivity contribution >= 4 is 11.9 Å². The van der Waals surface area contributed by atoms with Crippen molar-refractivity contribution in [2.24, 2.45) is 0 Å². The number of hydrogen-bond acceptors (Lipinski definition) is 2. The third kappa shape index (κ3) is 34.7. The van der Waals surface area contributed by atoms with Gasteiger partial charge in [0.1, 0.15) is 0 Å². The van der Waals surface area contributed by atoms with Crippen molar-refractivity contribution in [1.82, 2.24) is 0 Å². The summed E-state index contributed by atoms with van der Waals surface area (Å²) in [6, 6.07) is 0. The third-order valence-corrected chi connectivity index (χ3v) is 0.618. The minimum atomic E-state index is -0.891. The number of carbonyl (C=O) groups is 2. The van der Waals surface area contributed by atoms with Crippen molar-refractivity contribution in [3.63, 3.8) is 0 Å². The maximum Gasteiger partial charge on any atom is 0.327 e. The number of carboxylic acid groups (broad SMARTS) is 2. The minimum absolute atomic E-state index is 0. The maximum atomic E-state index is 9.51. The first-order valence-electron chi connectivity index (χ1n) is 3.25. The van der Waals surface area contributed by atoms with E-state index >= 15 is 0 Å². The zero-order chi connectivity index (χ0) is 9.98. The summed E-state index contributed by atoms with van der Waals surface area (Å²) in [5, 5.41) is 15.7. The molecule has 0 aromatic carbocycles. The Morgan fingerprint density at radius 2 is 1.15 bits per heavy atom. The maximum absolute atomic E-state index is 9.51. The van der Waals surface area contributed by atoms with Gasteiger partial charge < -0.3 is 10.2 Å². The Bertz CT molecular complexity index is 174. The van der Waals surface area contributed by atoms with Crippen molar-refractivity contribution in [3.05, 3.63) is 24.3 Å². The summed E-state index contributed by atoms with van der Waals surface area (Å²) in [6.07, 6.45) is 5.12. The SMILES string of the molecule is C/C=C/C(=O)O.C/C=C/C(=O)O.[Cd]. The van der Waals surface area contributed by atoms with Gasteiger partial charge in [0.05, 0.1) is 0 Å². The summed E-state index contributed by atoms with van der Waals surface area (Å²) in [5.74, 6) is -1.78. The molecule has 0 aromatic heterocycles.